The second-order valence-corrected chi connectivity index (χ2v) is 9.98. The van der Waals surface area contributed by atoms with Gasteiger partial charge in [0.15, 0.2) is 9.84 Å². The van der Waals surface area contributed by atoms with Crippen LogP contribution in [0.25, 0.3) is 22.0 Å². The van der Waals surface area contributed by atoms with E-state index < -0.39 is 9.84 Å². The molecule has 2 aromatic heterocycles. The lowest BCUT2D eigenvalue weighted by Crippen LogP contribution is -2.32. The summed E-state index contributed by atoms with van der Waals surface area (Å²) in [5.74, 6) is 0. The van der Waals surface area contributed by atoms with Crippen LogP contribution in [0.3, 0.4) is 0 Å². The Hall–Kier alpha value is -2.58. The first-order valence-corrected chi connectivity index (χ1v) is 11.7. The molecule has 1 aliphatic rings. The predicted octanol–water partition coefficient (Wildman–Crippen LogP) is 2.62. The van der Waals surface area contributed by atoms with Gasteiger partial charge in [-0.3, -0.25) is 4.79 Å². The molecule has 0 aliphatic heterocycles. The topological polar surface area (TPSA) is 110 Å². The van der Waals surface area contributed by atoms with Gasteiger partial charge in [-0.15, -0.1) is 0 Å². The van der Waals surface area contributed by atoms with E-state index in [4.69, 9.17) is 5.73 Å². The third kappa shape index (κ3) is 3.82. The van der Waals surface area contributed by atoms with Crippen LogP contribution in [0.1, 0.15) is 25.7 Å². The minimum atomic E-state index is -3.37. The number of nitrogens with one attached hydrogen (secondary N) is 2. The number of sulfone groups is 1. The summed E-state index contributed by atoms with van der Waals surface area (Å²) in [7, 11) is -1.67. The zero-order valence-corrected chi connectivity index (χ0v) is 17.4. The number of benzene rings is 1. The lowest BCUT2D eigenvalue weighted by atomic mass is 9.91. The molecule has 1 aromatic carbocycles. The monoisotopic (exact) mass is 414 g/mol. The molecule has 8 heteroatoms. The third-order valence-electron chi connectivity index (χ3n) is 5.73. The van der Waals surface area contributed by atoms with E-state index in [2.05, 4.69) is 10.3 Å². The summed E-state index contributed by atoms with van der Waals surface area (Å²) in [5.41, 5.74) is 8.85. The van der Waals surface area contributed by atoms with Crippen LogP contribution >= 0.6 is 0 Å². The molecular formula is C21H26N4O3S. The van der Waals surface area contributed by atoms with Gasteiger partial charge in [0.2, 0.25) is 0 Å². The number of hydrogen-bond donors (Lipinski definition) is 3. The predicted molar refractivity (Wildman–Crippen MR) is 116 cm³/mol. The van der Waals surface area contributed by atoms with Gasteiger partial charge in [-0.1, -0.05) is 0 Å². The van der Waals surface area contributed by atoms with Crippen LogP contribution in [0.15, 0.2) is 46.3 Å². The summed E-state index contributed by atoms with van der Waals surface area (Å²) in [5, 5.41) is 4.36. The van der Waals surface area contributed by atoms with E-state index in [9.17, 15) is 13.2 Å². The summed E-state index contributed by atoms with van der Waals surface area (Å²) in [4.78, 5) is 15.7. The number of aromatic amines is 1. The maximum atomic E-state index is 12.4. The third-order valence-corrected chi connectivity index (χ3v) is 6.85. The van der Waals surface area contributed by atoms with Gasteiger partial charge in [-0.2, -0.15) is 0 Å². The Morgan fingerprint density at radius 1 is 1.14 bits per heavy atom. The van der Waals surface area contributed by atoms with Crippen molar-refractivity contribution >= 4 is 26.4 Å². The molecule has 0 radical (unpaired) electrons. The van der Waals surface area contributed by atoms with Gasteiger partial charge in [0.25, 0.3) is 5.56 Å². The highest BCUT2D eigenvalue weighted by molar-refractivity contribution is 7.90. The van der Waals surface area contributed by atoms with Gasteiger partial charge < -0.3 is 20.6 Å². The molecular weight excluding hydrogens is 388 g/mol. The van der Waals surface area contributed by atoms with E-state index in [1.807, 2.05) is 12.1 Å². The van der Waals surface area contributed by atoms with Crippen LogP contribution in [0, 0.1) is 0 Å². The molecule has 1 fully saturated rings. The van der Waals surface area contributed by atoms with E-state index in [0.717, 1.165) is 47.9 Å². The minimum Gasteiger partial charge on any atom is -0.382 e. The van der Waals surface area contributed by atoms with E-state index in [-0.39, 0.29) is 22.5 Å². The molecule has 4 rings (SSSR count). The van der Waals surface area contributed by atoms with Crippen LogP contribution in [-0.4, -0.2) is 36.3 Å². The molecule has 3 aromatic rings. The lowest BCUT2D eigenvalue weighted by Gasteiger charge is -2.28. The van der Waals surface area contributed by atoms with Crippen LogP contribution in [0.5, 0.6) is 0 Å². The number of aryl methyl sites for hydroxylation is 1. The molecule has 0 bridgehead atoms. The highest BCUT2D eigenvalue weighted by Gasteiger charge is 2.21. The van der Waals surface area contributed by atoms with Crippen LogP contribution < -0.4 is 16.6 Å². The first-order chi connectivity index (χ1) is 13.7. The molecule has 29 heavy (non-hydrogen) atoms. The highest BCUT2D eigenvalue weighted by atomic mass is 32.2. The number of pyridine rings is 1. The Labute approximate surface area is 169 Å². The van der Waals surface area contributed by atoms with Crippen LogP contribution in [0.4, 0.5) is 5.69 Å². The van der Waals surface area contributed by atoms with Crippen molar-refractivity contribution in [2.45, 2.75) is 42.7 Å². The first kappa shape index (κ1) is 19.7. The summed E-state index contributed by atoms with van der Waals surface area (Å²) < 4.78 is 25.9. The highest BCUT2D eigenvalue weighted by Crippen LogP contribution is 2.35. The van der Waals surface area contributed by atoms with Crippen molar-refractivity contribution in [2.75, 3.05) is 11.6 Å². The fourth-order valence-electron chi connectivity index (χ4n) is 4.07. The number of nitrogens with two attached hydrogens (primary N) is 1. The number of nitrogens with zero attached hydrogens (tertiary/aromatic N) is 1. The number of H-pyrrole nitrogens is 1. The average Bonchev–Trinajstić information content (AvgIpc) is 3.16. The Morgan fingerprint density at radius 2 is 1.86 bits per heavy atom. The van der Waals surface area contributed by atoms with E-state index in [0.29, 0.717) is 5.52 Å². The van der Waals surface area contributed by atoms with Crippen LogP contribution in [0.2, 0.25) is 0 Å². The number of aromatic nitrogens is 2. The number of anilines is 1. The maximum absolute atomic E-state index is 12.4. The van der Waals surface area contributed by atoms with Crippen molar-refractivity contribution in [3.05, 3.63) is 47.0 Å². The van der Waals surface area contributed by atoms with Gasteiger partial charge in [0.1, 0.15) is 5.52 Å². The Kier molecular flexibility index (Phi) is 5.00. The van der Waals surface area contributed by atoms with Crippen molar-refractivity contribution in [3.8, 4) is 11.1 Å². The molecule has 0 atom stereocenters. The van der Waals surface area contributed by atoms with Crippen molar-refractivity contribution in [1.82, 2.24) is 9.55 Å². The largest absolute Gasteiger partial charge is 0.382 e. The van der Waals surface area contributed by atoms with Crippen molar-refractivity contribution in [2.24, 2.45) is 12.8 Å². The maximum Gasteiger partial charge on any atom is 0.274 e. The van der Waals surface area contributed by atoms with E-state index >= 15 is 0 Å². The molecule has 1 aliphatic carbocycles. The molecule has 2 heterocycles. The SMILES string of the molecule is Cn1cc(-c2cc(S(C)(=O)=O)ccc2N[C@H]2CC[C@H](N)CC2)c2cc[nH]c2c1=O. The van der Waals surface area contributed by atoms with Gasteiger partial charge in [0.05, 0.1) is 4.90 Å². The Balaban J connectivity index is 1.87. The molecule has 7 nitrogen and oxygen atoms in total. The quantitative estimate of drug-likeness (QED) is 0.608. The Bertz CT molecular complexity index is 1220. The second kappa shape index (κ2) is 7.35. The van der Waals surface area contributed by atoms with E-state index in [1.54, 1.807) is 31.6 Å². The van der Waals surface area contributed by atoms with Gasteiger partial charge >= 0.3 is 0 Å². The number of hydrogen-bond acceptors (Lipinski definition) is 5. The normalized spacial score (nSPS) is 20.1. The zero-order valence-electron chi connectivity index (χ0n) is 16.6. The van der Waals surface area contributed by atoms with Gasteiger partial charge in [-0.25, -0.2) is 8.42 Å². The molecule has 4 N–H and O–H groups in total. The van der Waals surface area contributed by atoms with Crippen LogP contribution in [-0.2, 0) is 16.9 Å². The Morgan fingerprint density at radius 3 is 2.55 bits per heavy atom. The number of rotatable bonds is 4. The second-order valence-electron chi connectivity index (χ2n) is 7.96. The zero-order chi connectivity index (χ0) is 20.8. The van der Waals surface area contributed by atoms with Crippen molar-refractivity contribution in [1.29, 1.82) is 0 Å². The number of fused-ring (bicyclic) bond motifs is 1. The minimum absolute atomic E-state index is 0.121. The molecule has 154 valence electrons. The fourth-order valence-corrected chi connectivity index (χ4v) is 4.72. The molecule has 0 unspecified atom stereocenters. The van der Waals surface area contributed by atoms with Crippen molar-refractivity contribution in [3.63, 3.8) is 0 Å². The standard InChI is InChI=1S/C21H26N4O3S/c1-25-12-18(16-9-10-23-20(16)21(25)26)17-11-15(29(2,27)28)7-8-19(17)24-14-5-3-13(22)4-6-14/h7-14,23-24H,3-6,22H2,1-2H3/t13-,14-. The summed E-state index contributed by atoms with van der Waals surface area (Å²) in [6.07, 6.45) is 8.58. The van der Waals surface area contributed by atoms with E-state index in [1.165, 1.54) is 10.8 Å². The first-order valence-electron chi connectivity index (χ1n) is 9.77. The van der Waals surface area contributed by atoms with Gasteiger partial charge in [-0.05, 0) is 49.9 Å². The fraction of sp³-hybridized carbons (Fsp3) is 0.381. The summed E-state index contributed by atoms with van der Waals surface area (Å²) >= 11 is 0. The molecule has 0 saturated heterocycles. The molecule has 0 amide bonds. The smallest absolute Gasteiger partial charge is 0.274 e. The average molecular weight is 415 g/mol. The van der Waals surface area contributed by atoms with Gasteiger partial charge in [0, 0.05) is 60.0 Å². The molecule has 0 spiro atoms. The van der Waals surface area contributed by atoms with Crippen molar-refractivity contribution < 1.29 is 8.42 Å². The summed E-state index contributed by atoms with van der Waals surface area (Å²) in [6, 6.07) is 7.53. The lowest BCUT2D eigenvalue weighted by molar-refractivity contribution is 0.411. The molecule has 1 saturated carbocycles. The summed E-state index contributed by atoms with van der Waals surface area (Å²) in [6.45, 7) is 0.